The van der Waals surface area contributed by atoms with E-state index in [9.17, 15) is 9.59 Å². The lowest BCUT2D eigenvalue weighted by Crippen LogP contribution is -2.28. The van der Waals surface area contributed by atoms with E-state index in [4.69, 9.17) is 9.47 Å². The molecule has 2 unspecified atom stereocenters. The molecule has 0 saturated heterocycles. The van der Waals surface area contributed by atoms with E-state index >= 15 is 0 Å². The van der Waals surface area contributed by atoms with Gasteiger partial charge in [-0.3, -0.25) is 4.79 Å². The lowest BCUT2D eigenvalue weighted by Gasteiger charge is -2.17. The van der Waals surface area contributed by atoms with Crippen LogP contribution in [0.1, 0.15) is 118 Å². The van der Waals surface area contributed by atoms with Crippen molar-refractivity contribution in [3.8, 4) is 0 Å². The fourth-order valence-corrected chi connectivity index (χ4v) is 3.10. The van der Waals surface area contributed by atoms with Crippen molar-refractivity contribution in [2.75, 3.05) is 6.61 Å². The molecule has 2 atom stereocenters. The summed E-state index contributed by atoms with van der Waals surface area (Å²) in [5.74, 6) is -0.315. The minimum absolute atomic E-state index is 0.291. The van der Waals surface area contributed by atoms with E-state index in [1.54, 1.807) is 6.92 Å². The highest BCUT2D eigenvalue weighted by atomic mass is 16.6. The number of unbranched alkanes of at least 4 members (excludes halogenated alkanes) is 9. The lowest BCUT2D eigenvalue weighted by atomic mass is 10.0. The van der Waals surface area contributed by atoms with E-state index in [-0.39, 0.29) is 5.97 Å². The average molecular weight is 385 g/mol. The SMILES string of the molecule is CCCCCCCCCCCC(=O)OC(C)C(=O)OCC(CC)CCCC. The second kappa shape index (κ2) is 18.3. The first kappa shape index (κ1) is 25.9. The molecule has 0 N–H and O–H groups in total. The van der Waals surface area contributed by atoms with Gasteiger partial charge in [-0.15, -0.1) is 0 Å². The van der Waals surface area contributed by atoms with Gasteiger partial charge in [-0.2, -0.15) is 0 Å². The molecule has 160 valence electrons. The first-order chi connectivity index (χ1) is 13.0. The van der Waals surface area contributed by atoms with Crippen molar-refractivity contribution in [3.63, 3.8) is 0 Å². The Morgan fingerprint density at radius 1 is 0.778 bits per heavy atom. The predicted octanol–water partition coefficient (Wildman–Crippen LogP) is 6.60. The van der Waals surface area contributed by atoms with Crippen LogP contribution in [0.4, 0.5) is 0 Å². The van der Waals surface area contributed by atoms with Gasteiger partial charge in [0.2, 0.25) is 0 Å². The number of ether oxygens (including phenoxy) is 2. The first-order valence-electron chi connectivity index (χ1n) is 11.4. The molecule has 4 heteroatoms. The Hall–Kier alpha value is -1.06. The highest BCUT2D eigenvalue weighted by molar-refractivity contribution is 5.78. The van der Waals surface area contributed by atoms with Gasteiger partial charge in [0, 0.05) is 6.42 Å². The molecular weight excluding hydrogens is 340 g/mol. The van der Waals surface area contributed by atoms with Gasteiger partial charge in [0.05, 0.1) is 6.61 Å². The fraction of sp³-hybridized carbons (Fsp3) is 0.913. The zero-order valence-corrected chi connectivity index (χ0v) is 18.4. The molecule has 0 aromatic rings. The molecule has 0 fully saturated rings. The standard InChI is InChI=1S/C23H44O4/c1-5-8-10-11-12-13-14-15-16-18-22(24)27-20(4)23(25)26-19-21(7-3)17-9-6-2/h20-21H,5-19H2,1-4H3. The second-order valence-electron chi connectivity index (χ2n) is 7.76. The summed E-state index contributed by atoms with van der Waals surface area (Å²) in [5.41, 5.74) is 0. The van der Waals surface area contributed by atoms with Gasteiger partial charge >= 0.3 is 11.9 Å². The molecule has 0 spiro atoms. The molecule has 0 aromatic heterocycles. The van der Waals surface area contributed by atoms with Crippen molar-refractivity contribution in [1.29, 1.82) is 0 Å². The Balaban J connectivity index is 3.73. The van der Waals surface area contributed by atoms with Crippen LogP contribution in [-0.2, 0) is 19.1 Å². The van der Waals surface area contributed by atoms with Gasteiger partial charge in [0.1, 0.15) is 0 Å². The van der Waals surface area contributed by atoms with Gasteiger partial charge in [0.25, 0.3) is 0 Å². The van der Waals surface area contributed by atoms with E-state index in [0.29, 0.717) is 18.9 Å². The topological polar surface area (TPSA) is 52.6 Å². The Morgan fingerprint density at radius 2 is 1.33 bits per heavy atom. The van der Waals surface area contributed by atoms with E-state index in [0.717, 1.165) is 38.5 Å². The molecule has 0 amide bonds. The van der Waals surface area contributed by atoms with Gasteiger partial charge < -0.3 is 9.47 Å². The molecule has 0 heterocycles. The average Bonchev–Trinajstić information content (AvgIpc) is 2.66. The Kier molecular flexibility index (Phi) is 17.6. The number of carbonyl (C=O) groups excluding carboxylic acids is 2. The summed E-state index contributed by atoms with van der Waals surface area (Å²) < 4.78 is 10.6. The molecule has 4 nitrogen and oxygen atoms in total. The maximum Gasteiger partial charge on any atom is 0.347 e. The first-order valence-corrected chi connectivity index (χ1v) is 11.4. The third kappa shape index (κ3) is 15.7. The minimum atomic E-state index is -0.806. The quantitative estimate of drug-likeness (QED) is 0.197. The van der Waals surface area contributed by atoms with Gasteiger partial charge in [-0.25, -0.2) is 4.79 Å². The summed E-state index contributed by atoms with van der Waals surface area (Å²) in [6, 6.07) is 0. The van der Waals surface area contributed by atoms with Crippen molar-refractivity contribution in [3.05, 3.63) is 0 Å². The number of rotatable bonds is 18. The number of hydrogen-bond acceptors (Lipinski definition) is 4. The van der Waals surface area contributed by atoms with Crippen LogP contribution in [0.25, 0.3) is 0 Å². The smallest absolute Gasteiger partial charge is 0.347 e. The number of hydrogen-bond donors (Lipinski definition) is 0. The van der Waals surface area contributed by atoms with Crippen LogP contribution in [0.2, 0.25) is 0 Å². The minimum Gasteiger partial charge on any atom is -0.463 e. The Morgan fingerprint density at radius 3 is 1.89 bits per heavy atom. The van der Waals surface area contributed by atoms with Crippen LogP contribution in [0.15, 0.2) is 0 Å². The lowest BCUT2D eigenvalue weighted by molar-refractivity contribution is -0.167. The normalized spacial score (nSPS) is 13.2. The zero-order chi connectivity index (χ0) is 20.3. The third-order valence-electron chi connectivity index (χ3n) is 5.13. The Labute approximate surface area is 167 Å². The molecule has 0 rings (SSSR count). The molecule has 27 heavy (non-hydrogen) atoms. The summed E-state index contributed by atoms with van der Waals surface area (Å²) in [5, 5.41) is 0. The maximum atomic E-state index is 12.0. The summed E-state index contributed by atoms with van der Waals surface area (Å²) in [6.07, 6.45) is 14.9. The molecule has 0 bridgehead atoms. The fourth-order valence-electron chi connectivity index (χ4n) is 3.10. The molecule has 0 aliphatic carbocycles. The van der Waals surface area contributed by atoms with Gasteiger partial charge in [-0.05, 0) is 25.7 Å². The number of carbonyl (C=O) groups is 2. The third-order valence-corrected chi connectivity index (χ3v) is 5.13. The monoisotopic (exact) mass is 384 g/mol. The molecular formula is C23H44O4. The van der Waals surface area contributed by atoms with Crippen LogP contribution in [0.3, 0.4) is 0 Å². The highest BCUT2D eigenvalue weighted by Gasteiger charge is 2.20. The summed E-state index contributed by atoms with van der Waals surface area (Å²) in [6.45, 7) is 8.53. The molecule has 0 radical (unpaired) electrons. The van der Waals surface area contributed by atoms with Crippen LogP contribution < -0.4 is 0 Å². The zero-order valence-electron chi connectivity index (χ0n) is 18.4. The molecule has 0 aliphatic heterocycles. The van der Waals surface area contributed by atoms with E-state index < -0.39 is 12.1 Å². The van der Waals surface area contributed by atoms with E-state index in [2.05, 4.69) is 20.8 Å². The van der Waals surface area contributed by atoms with Crippen molar-refractivity contribution in [2.45, 2.75) is 124 Å². The van der Waals surface area contributed by atoms with Crippen molar-refractivity contribution < 1.29 is 19.1 Å². The summed E-state index contributed by atoms with van der Waals surface area (Å²) in [7, 11) is 0. The largest absolute Gasteiger partial charge is 0.463 e. The summed E-state index contributed by atoms with van der Waals surface area (Å²) in [4.78, 5) is 23.9. The van der Waals surface area contributed by atoms with Gasteiger partial charge in [-0.1, -0.05) is 91.4 Å². The molecule has 0 aliphatic rings. The van der Waals surface area contributed by atoms with E-state index in [1.807, 2.05) is 0 Å². The highest BCUT2D eigenvalue weighted by Crippen LogP contribution is 2.14. The molecule has 0 saturated carbocycles. The van der Waals surface area contributed by atoms with Crippen molar-refractivity contribution >= 4 is 11.9 Å². The summed E-state index contributed by atoms with van der Waals surface area (Å²) >= 11 is 0. The van der Waals surface area contributed by atoms with Crippen LogP contribution in [0, 0.1) is 5.92 Å². The van der Waals surface area contributed by atoms with Gasteiger partial charge in [0.15, 0.2) is 6.10 Å². The van der Waals surface area contributed by atoms with Crippen molar-refractivity contribution in [2.24, 2.45) is 5.92 Å². The second-order valence-corrected chi connectivity index (χ2v) is 7.76. The predicted molar refractivity (Wildman–Crippen MR) is 112 cm³/mol. The number of esters is 2. The van der Waals surface area contributed by atoms with Crippen molar-refractivity contribution in [1.82, 2.24) is 0 Å². The van der Waals surface area contributed by atoms with E-state index in [1.165, 1.54) is 44.9 Å². The van der Waals surface area contributed by atoms with Crippen LogP contribution in [-0.4, -0.2) is 24.6 Å². The Bertz CT molecular complexity index is 367. The van der Waals surface area contributed by atoms with Crippen LogP contribution in [0.5, 0.6) is 0 Å². The van der Waals surface area contributed by atoms with Crippen LogP contribution >= 0.6 is 0 Å². The molecule has 0 aromatic carbocycles. The maximum absolute atomic E-state index is 12.0.